The molecule has 0 spiro atoms. The van der Waals surface area contributed by atoms with Crippen molar-refractivity contribution in [2.24, 2.45) is 5.73 Å². The highest BCUT2D eigenvalue weighted by atomic mass is 16.6. The van der Waals surface area contributed by atoms with E-state index in [0.717, 1.165) is 25.7 Å². The van der Waals surface area contributed by atoms with Crippen molar-refractivity contribution in [3.8, 4) is 0 Å². The SMILES string of the molecule is NC1(C2(c3ccc([N+](=O)[O-])cc3)CC2)CC1. The molecule has 4 heteroatoms. The fourth-order valence-corrected chi connectivity index (χ4v) is 2.71. The van der Waals surface area contributed by atoms with Gasteiger partial charge in [-0.25, -0.2) is 0 Å². The maximum absolute atomic E-state index is 10.6. The Morgan fingerprint density at radius 2 is 1.69 bits per heavy atom. The molecule has 2 N–H and O–H groups in total. The molecule has 84 valence electrons. The summed E-state index contributed by atoms with van der Waals surface area (Å²) in [6, 6.07) is 6.92. The Balaban J connectivity index is 1.93. The summed E-state index contributed by atoms with van der Waals surface area (Å²) in [7, 11) is 0. The van der Waals surface area contributed by atoms with Crippen LogP contribution in [0.1, 0.15) is 31.2 Å². The van der Waals surface area contributed by atoms with E-state index in [1.807, 2.05) is 12.1 Å². The minimum atomic E-state index is -0.362. The Morgan fingerprint density at radius 3 is 2.06 bits per heavy atom. The van der Waals surface area contributed by atoms with Gasteiger partial charge in [0.1, 0.15) is 0 Å². The zero-order valence-corrected chi connectivity index (χ0v) is 8.98. The molecule has 0 unspecified atom stereocenters. The van der Waals surface area contributed by atoms with Crippen molar-refractivity contribution < 1.29 is 4.92 Å². The van der Waals surface area contributed by atoms with Crippen molar-refractivity contribution in [3.05, 3.63) is 39.9 Å². The first-order valence-corrected chi connectivity index (χ1v) is 5.61. The molecular weight excluding hydrogens is 204 g/mol. The van der Waals surface area contributed by atoms with E-state index in [-0.39, 0.29) is 21.6 Å². The summed E-state index contributed by atoms with van der Waals surface area (Å²) in [6.45, 7) is 0. The normalized spacial score (nSPS) is 23.8. The predicted molar refractivity (Wildman–Crippen MR) is 60.2 cm³/mol. The van der Waals surface area contributed by atoms with E-state index in [0.29, 0.717) is 0 Å². The van der Waals surface area contributed by atoms with Gasteiger partial charge in [-0.2, -0.15) is 0 Å². The first kappa shape index (κ1) is 9.78. The average Bonchev–Trinajstić information content (AvgIpc) is 3.13. The van der Waals surface area contributed by atoms with Crippen LogP contribution in [0.2, 0.25) is 0 Å². The van der Waals surface area contributed by atoms with Crippen LogP contribution in [0, 0.1) is 10.1 Å². The highest BCUT2D eigenvalue weighted by Gasteiger charge is 2.63. The number of hydrogen-bond donors (Lipinski definition) is 1. The zero-order chi connectivity index (χ0) is 11.4. The first-order chi connectivity index (χ1) is 7.57. The van der Waals surface area contributed by atoms with E-state index in [9.17, 15) is 10.1 Å². The summed E-state index contributed by atoms with van der Waals surface area (Å²) in [6.07, 6.45) is 4.43. The Labute approximate surface area is 93.6 Å². The van der Waals surface area contributed by atoms with Gasteiger partial charge in [0.25, 0.3) is 5.69 Å². The van der Waals surface area contributed by atoms with Crippen LogP contribution in [0.25, 0.3) is 0 Å². The number of hydrogen-bond acceptors (Lipinski definition) is 3. The number of rotatable bonds is 3. The summed E-state index contributed by atoms with van der Waals surface area (Å²) >= 11 is 0. The minimum Gasteiger partial charge on any atom is -0.324 e. The second-order valence-corrected chi connectivity index (χ2v) is 5.04. The molecule has 1 aromatic rings. The molecule has 0 radical (unpaired) electrons. The largest absolute Gasteiger partial charge is 0.324 e. The Morgan fingerprint density at radius 1 is 1.12 bits per heavy atom. The molecule has 16 heavy (non-hydrogen) atoms. The lowest BCUT2D eigenvalue weighted by molar-refractivity contribution is -0.384. The van der Waals surface area contributed by atoms with Crippen LogP contribution in [-0.4, -0.2) is 10.5 Å². The van der Waals surface area contributed by atoms with Crippen molar-refractivity contribution in [1.82, 2.24) is 0 Å². The van der Waals surface area contributed by atoms with Gasteiger partial charge in [-0.1, -0.05) is 12.1 Å². The standard InChI is InChI=1S/C12H14N2O2/c13-12(7-8-12)11(5-6-11)9-1-3-10(4-2-9)14(15)16/h1-4H,5-8,13H2. The van der Waals surface area contributed by atoms with Crippen molar-refractivity contribution in [2.75, 3.05) is 0 Å². The molecule has 2 aliphatic rings. The molecule has 0 atom stereocenters. The van der Waals surface area contributed by atoms with Crippen LogP contribution in [0.3, 0.4) is 0 Å². The van der Waals surface area contributed by atoms with E-state index >= 15 is 0 Å². The summed E-state index contributed by atoms with van der Waals surface area (Å²) < 4.78 is 0. The van der Waals surface area contributed by atoms with Gasteiger partial charge in [0.05, 0.1) is 4.92 Å². The molecule has 0 aromatic heterocycles. The molecule has 0 heterocycles. The van der Waals surface area contributed by atoms with Crippen LogP contribution in [0.15, 0.2) is 24.3 Å². The topological polar surface area (TPSA) is 69.2 Å². The Hall–Kier alpha value is -1.42. The summed E-state index contributed by atoms with van der Waals surface area (Å²) in [5.41, 5.74) is 7.72. The van der Waals surface area contributed by atoms with Gasteiger partial charge in [0.2, 0.25) is 0 Å². The van der Waals surface area contributed by atoms with E-state index in [4.69, 9.17) is 5.73 Å². The number of nitrogens with zero attached hydrogens (tertiary/aromatic N) is 1. The third-order valence-electron chi connectivity index (χ3n) is 4.12. The zero-order valence-electron chi connectivity index (χ0n) is 8.98. The van der Waals surface area contributed by atoms with Gasteiger partial charge in [0.15, 0.2) is 0 Å². The molecule has 2 aliphatic carbocycles. The van der Waals surface area contributed by atoms with Crippen LogP contribution in [0.4, 0.5) is 5.69 Å². The molecular formula is C12H14N2O2. The lowest BCUT2D eigenvalue weighted by Gasteiger charge is -2.23. The van der Waals surface area contributed by atoms with Crippen LogP contribution >= 0.6 is 0 Å². The van der Waals surface area contributed by atoms with Crippen LogP contribution < -0.4 is 5.73 Å². The maximum atomic E-state index is 10.6. The molecule has 0 saturated heterocycles. The van der Waals surface area contributed by atoms with Crippen LogP contribution in [-0.2, 0) is 5.41 Å². The molecule has 0 aliphatic heterocycles. The van der Waals surface area contributed by atoms with E-state index in [2.05, 4.69) is 0 Å². The van der Waals surface area contributed by atoms with Gasteiger partial charge in [-0.15, -0.1) is 0 Å². The number of nitrogens with two attached hydrogens (primary N) is 1. The number of nitro benzene ring substituents is 1. The Kier molecular flexibility index (Phi) is 1.73. The van der Waals surface area contributed by atoms with Crippen molar-refractivity contribution >= 4 is 5.69 Å². The fourth-order valence-electron chi connectivity index (χ4n) is 2.71. The third-order valence-corrected chi connectivity index (χ3v) is 4.12. The minimum absolute atomic E-state index is 0.0247. The van der Waals surface area contributed by atoms with Gasteiger partial charge in [-0.05, 0) is 31.2 Å². The maximum Gasteiger partial charge on any atom is 0.269 e. The lowest BCUT2D eigenvalue weighted by atomic mass is 9.86. The van der Waals surface area contributed by atoms with E-state index in [1.165, 1.54) is 5.56 Å². The number of non-ortho nitro benzene ring substituents is 1. The monoisotopic (exact) mass is 218 g/mol. The molecule has 4 nitrogen and oxygen atoms in total. The predicted octanol–water partition coefficient (Wildman–Crippen LogP) is 2.12. The number of nitro groups is 1. The molecule has 1 aromatic carbocycles. The fraction of sp³-hybridized carbons (Fsp3) is 0.500. The van der Waals surface area contributed by atoms with E-state index < -0.39 is 0 Å². The Bertz CT molecular complexity index is 445. The summed E-state index contributed by atoms with van der Waals surface area (Å²) in [5, 5.41) is 10.6. The molecule has 0 amide bonds. The van der Waals surface area contributed by atoms with Gasteiger partial charge in [0, 0.05) is 23.1 Å². The molecule has 0 bridgehead atoms. The first-order valence-electron chi connectivity index (χ1n) is 5.61. The second-order valence-electron chi connectivity index (χ2n) is 5.04. The van der Waals surface area contributed by atoms with Crippen LogP contribution in [0.5, 0.6) is 0 Å². The lowest BCUT2D eigenvalue weighted by Crippen LogP contribution is -2.37. The molecule has 2 saturated carbocycles. The smallest absolute Gasteiger partial charge is 0.269 e. The summed E-state index contributed by atoms with van der Waals surface area (Å²) in [4.78, 5) is 10.2. The number of benzene rings is 1. The third kappa shape index (κ3) is 1.19. The highest BCUT2D eigenvalue weighted by Crippen LogP contribution is 2.63. The summed E-state index contributed by atoms with van der Waals surface area (Å²) in [5.74, 6) is 0. The van der Waals surface area contributed by atoms with Gasteiger partial charge >= 0.3 is 0 Å². The van der Waals surface area contributed by atoms with Gasteiger partial charge < -0.3 is 5.73 Å². The quantitative estimate of drug-likeness (QED) is 0.624. The van der Waals surface area contributed by atoms with E-state index in [1.54, 1.807) is 12.1 Å². The van der Waals surface area contributed by atoms with Gasteiger partial charge in [-0.3, -0.25) is 10.1 Å². The van der Waals surface area contributed by atoms with Crippen molar-refractivity contribution in [2.45, 2.75) is 36.6 Å². The van der Waals surface area contributed by atoms with Crippen molar-refractivity contribution in [3.63, 3.8) is 0 Å². The second kappa shape index (κ2) is 2.83. The van der Waals surface area contributed by atoms with Crippen molar-refractivity contribution in [1.29, 1.82) is 0 Å². The molecule has 2 fully saturated rings. The highest BCUT2D eigenvalue weighted by molar-refractivity contribution is 5.44. The average molecular weight is 218 g/mol. The molecule has 3 rings (SSSR count).